The molecule has 0 aliphatic carbocycles. The molecule has 0 saturated carbocycles. The Kier molecular flexibility index (Phi) is 10.3. The number of hydrogen-bond donors (Lipinski definition) is 2. The fourth-order valence-corrected chi connectivity index (χ4v) is 5.14. The third-order valence-electron chi connectivity index (χ3n) is 7.60. The number of benzene rings is 4. The van der Waals surface area contributed by atoms with Gasteiger partial charge in [0.25, 0.3) is 0 Å². The van der Waals surface area contributed by atoms with Crippen LogP contribution in [0.3, 0.4) is 0 Å². The molecule has 0 aliphatic rings. The van der Waals surface area contributed by atoms with Crippen LogP contribution in [0.25, 0.3) is 22.5 Å². The fraction of sp³-hybridized carbons (Fsp3) is 0.211. The monoisotopic (exact) mass is 598 g/mol. The third-order valence-corrected chi connectivity index (χ3v) is 7.60. The molecule has 0 spiro atoms. The van der Waals surface area contributed by atoms with E-state index < -0.39 is 0 Å². The molecule has 7 heteroatoms. The fourth-order valence-electron chi connectivity index (χ4n) is 5.14. The van der Waals surface area contributed by atoms with Crippen LogP contribution in [0.1, 0.15) is 35.5 Å². The molecule has 0 unspecified atom stereocenters. The molecular weight excluding hydrogens is 560 g/mol. The van der Waals surface area contributed by atoms with E-state index >= 15 is 0 Å². The summed E-state index contributed by atoms with van der Waals surface area (Å²) in [7, 11) is 0. The van der Waals surface area contributed by atoms with Crippen molar-refractivity contribution in [2.45, 2.75) is 38.9 Å². The van der Waals surface area contributed by atoms with Crippen LogP contribution in [0.5, 0.6) is 0 Å². The lowest BCUT2D eigenvalue weighted by molar-refractivity contribution is 0.0727. The van der Waals surface area contributed by atoms with E-state index in [1.165, 1.54) is 11.1 Å². The van der Waals surface area contributed by atoms with E-state index in [1.54, 1.807) is 0 Å². The molecule has 6 rings (SSSR count). The molecule has 6 aromatic rings. The molecule has 0 saturated heterocycles. The molecule has 0 bridgehead atoms. The summed E-state index contributed by atoms with van der Waals surface area (Å²) in [5.41, 5.74) is 8.46. The van der Waals surface area contributed by atoms with E-state index in [-0.39, 0.29) is 13.2 Å². The van der Waals surface area contributed by atoms with E-state index in [1.807, 2.05) is 36.4 Å². The second-order valence-corrected chi connectivity index (χ2v) is 11.0. The van der Waals surface area contributed by atoms with Crippen molar-refractivity contribution in [3.63, 3.8) is 0 Å². The molecule has 2 N–H and O–H groups in total. The van der Waals surface area contributed by atoms with Gasteiger partial charge in [0.1, 0.15) is 24.6 Å². The minimum Gasteiger partial charge on any atom is -0.385 e. The van der Waals surface area contributed by atoms with Crippen LogP contribution in [-0.4, -0.2) is 23.4 Å². The van der Waals surface area contributed by atoms with Crippen LogP contribution < -0.4 is 10.6 Å². The van der Waals surface area contributed by atoms with E-state index in [0.29, 0.717) is 11.5 Å². The summed E-state index contributed by atoms with van der Waals surface area (Å²) in [6, 6.07) is 41.4. The van der Waals surface area contributed by atoms with Crippen molar-refractivity contribution >= 4 is 11.4 Å². The first kappa shape index (κ1) is 29.9. The highest BCUT2D eigenvalue weighted by Crippen LogP contribution is 2.24. The first-order valence-corrected chi connectivity index (χ1v) is 15.5. The van der Waals surface area contributed by atoms with Gasteiger partial charge in [0.05, 0.1) is 0 Å². The third kappa shape index (κ3) is 8.94. The SMILES string of the molecule is c1ccc(CCCNc2ccc(-c3cc(COCc4cc(-c5ccc(NCCCc6ccccc6)cc5)no4)on3)cc2)cc1. The van der Waals surface area contributed by atoms with Crippen molar-refractivity contribution in [3.8, 4) is 22.5 Å². The normalized spacial score (nSPS) is 11.0. The van der Waals surface area contributed by atoms with Gasteiger partial charge in [0.2, 0.25) is 0 Å². The van der Waals surface area contributed by atoms with Crippen LogP contribution in [0, 0.1) is 0 Å². The average Bonchev–Trinajstić information content (AvgIpc) is 3.77. The van der Waals surface area contributed by atoms with Gasteiger partial charge in [0, 0.05) is 47.7 Å². The van der Waals surface area contributed by atoms with Crippen molar-refractivity contribution in [2.24, 2.45) is 0 Å². The van der Waals surface area contributed by atoms with Gasteiger partial charge in [-0.3, -0.25) is 0 Å². The Labute approximate surface area is 264 Å². The summed E-state index contributed by atoms with van der Waals surface area (Å²) in [5.74, 6) is 1.31. The molecule has 2 heterocycles. The highest BCUT2D eigenvalue weighted by atomic mass is 16.5. The van der Waals surface area contributed by atoms with E-state index in [4.69, 9.17) is 13.8 Å². The number of aromatic nitrogens is 2. The Morgan fingerprint density at radius 3 is 1.36 bits per heavy atom. The number of hydrogen-bond acceptors (Lipinski definition) is 7. The lowest BCUT2D eigenvalue weighted by Crippen LogP contribution is -2.02. The number of ether oxygens (including phenoxy) is 1. The predicted octanol–water partition coefficient (Wildman–Crippen LogP) is 8.80. The molecule has 0 radical (unpaired) electrons. The quantitative estimate of drug-likeness (QED) is 0.108. The Balaban J connectivity index is 0.905. The number of nitrogens with zero attached hydrogens (tertiary/aromatic N) is 2. The van der Waals surface area contributed by atoms with Gasteiger partial charge in [-0.05, 0) is 61.1 Å². The highest BCUT2D eigenvalue weighted by molar-refractivity contribution is 5.63. The van der Waals surface area contributed by atoms with Crippen molar-refractivity contribution in [1.29, 1.82) is 0 Å². The Hall–Kier alpha value is -5.14. The van der Waals surface area contributed by atoms with Crippen molar-refractivity contribution < 1.29 is 13.8 Å². The number of aryl methyl sites for hydroxylation is 2. The zero-order valence-corrected chi connectivity index (χ0v) is 25.3. The second kappa shape index (κ2) is 15.5. The largest absolute Gasteiger partial charge is 0.385 e. The minimum absolute atomic E-state index is 0.286. The van der Waals surface area contributed by atoms with Gasteiger partial charge in [-0.2, -0.15) is 0 Å². The summed E-state index contributed by atoms with van der Waals surface area (Å²) in [6.07, 6.45) is 4.29. The van der Waals surface area contributed by atoms with Gasteiger partial charge >= 0.3 is 0 Å². The summed E-state index contributed by atoms with van der Waals surface area (Å²) < 4.78 is 16.8. The van der Waals surface area contributed by atoms with Crippen LogP contribution in [0.4, 0.5) is 11.4 Å². The molecule has 2 aromatic heterocycles. The van der Waals surface area contributed by atoms with Crippen molar-refractivity contribution in [1.82, 2.24) is 10.3 Å². The van der Waals surface area contributed by atoms with Gasteiger partial charge in [-0.1, -0.05) is 95.2 Å². The van der Waals surface area contributed by atoms with Crippen molar-refractivity contribution in [3.05, 3.63) is 144 Å². The number of anilines is 2. The highest BCUT2D eigenvalue weighted by Gasteiger charge is 2.10. The zero-order chi connectivity index (χ0) is 30.5. The smallest absolute Gasteiger partial charge is 0.163 e. The van der Waals surface area contributed by atoms with Crippen molar-refractivity contribution in [2.75, 3.05) is 23.7 Å². The van der Waals surface area contributed by atoms with Crippen LogP contribution in [-0.2, 0) is 30.8 Å². The maximum Gasteiger partial charge on any atom is 0.163 e. The predicted molar refractivity (Wildman–Crippen MR) is 179 cm³/mol. The molecule has 0 atom stereocenters. The van der Waals surface area contributed by atoms with Crippen LogP contribution >= 0.6 is 0 Å². The second-order valence-electron chi connectivity index (χ2n) is 11.0. The lowest BCUT2D eigenvalue weighted by Gasteiger charge is -2.07. The first-order chi connectivity index (χ1) is 22.3. The summed E-state index contributed by atoms with van der Waals surface area (Å²) in [6.45, 7) is 2.42. The summed E-state index contributed by atoms with van der Waals surface area (Å²) in [5, 5.41) is 15.4. The maximum atomic E-state index is 5.83. The van der Waals surface area contributed by atoms with Gasteiger partial charge in [-0.15, -0.1) is 0 Å². The number of rotatable bonds is 16. The molecular formula is C38H38N4O3. The molecule has 0 aliphatic heterocycles. The van der Waals surface area contributed by atoms with Gasteiger partial charge in [0.15, 0.2) is 11.5 Å². The molecule has 45 heavy (non-hydrogen) atoms. The summed E-state index contributed by atoms with van der Waals surface area (Å²) in [4.78, 5) is 0. The average molecular weight is 599 g/mol. The topological polar surface area (TPSA) is 85.4 Å². The minimum atomic E-state index is 0.286. The molecule has 4 aromatic carbocycles. The maximum absolute atomic E-state index is 5.83. The lowest BCUT2D eigenvalue weighted by atomic mass is 10.1. The van der Waals surface area contributed by atoms with E-state index in [2.05, 4.69) is 106 Å². The van der Waals surface area contributed by atoms with Crippen LogP contribution in [0.2, 0.25) is 0 Å². The Bertz CT molecular complexity index is 1580. The molecule has 228 valence electrons. The van der Waals surface area contributed by atoms with Gasteiger partial charge in [-0.25, -0.2) is 0 Å². The van der Waals surface area contributed by atoms with E-state index in [9.17, 15) is 0 Å². The Morgan fingerprint density at radius 1 is 0.511 bits per heavy atom. The zero-order valence-electron chi connectivity index (χ0n) is 25.3. The molecule has 7 nitrogen and oxygen atoms in total. The molecule has 0 fully saturated rings. The van der Waals surface area contributed by atoms with Gasteiger partial charge < -0.3 is 24.4 Å². The van der Waals surface area contributed by atoms with Crippen LogP contribution in [0.15, 0.2) is 130 Å². The van der Waals surface area contributed by atoms with E-state index in [0.717, 1.165) is 72.7 Å². The summed E-state index contributed by atoms with van der Waals surface area (Å²) >= 11 is 0. The Morgan fingerprint density at radius 2 is 0.933 bits per heavy atom. The number of nitrogens with one attached hydrogen (secondary N) is 2. The molecule has 0 amide bonds. The first-order valence-electron chi connectivity index (χ1n) is 15.5. The standard InChI is InChI=1S/C38H38N4O3/c1-3-9-29(10-4-1)13-7-23-39-33-19-15-31(16-20-33)37-25-35(44-41-37)27-43-28-36-26-38(42-45-36)32-17-21-34(22-18-32)40-24-8-14-30-11-5-2-6-12-30/h1-6,9-12,15-22,25-26,39-40H,7-8,13-14,23-24,27-28H2.